The highest BCUT2D eigenvalue weighted by molar-refractivity contribution is 7.91. The second-order valence-electron chi connectivity index (χ2n) is 7.00. The first-order valence-corrected chi connectivity index (χ1v) is 11.2. The van der Waals surface area contributed by atoms with Gasteiger partial charge in [-0.15, -0.1) is 0 Å². The summed E-state index contributed by atoms with van der Waals surface area (Å²) >= 11 is 0. The van der Waals surface area contributed by atoms with Gasteiger partial charge in [0.15, 0.2) is 5.82 Å². The molecule has 1 aromatic heterocycles. The van der Waals surface area contributed by atoms with Crippen LogP contribution in [0.25, 0.3) is 11.3 Å². The van der Waals surface area contributed by atoms with Gasteiger partial charge >= 0.3 is 6.18 Å². The van der Waals surface area contributed by atoms with E-state index in [4.69, 9.17) is 10.5 Å². The second-order valence-corrected chi connectivity index (χ2v) is 9.33. The van der Waals surface area contributed by atoms with Gasteiger partial charge in [0.2, 0.25) is 5.95 Å². The smallest absolute Gasteiger partial charge is 0.330 e. The Bertz CT molecular complexity index is 1280. The van der Waals surface area contributed by atoms with Crippen LogP contribution in [-0.2, 0) is 21.7 Å². The summed E-state index contributed by atoms with van der Waals surface area (Å²) in [4.78, 5) is 7.45. The van der Waals surface area contributed by atoms with Crippen LogP contribution in [0.3, 0.4) is 0 Å². The molecule has 3 aromatic rings. The molecule has 0 fully saturated rings. The van der Waals surface area contributed by atoms with Crippen molar-refractivity contribution < 1.29 is 30.6 Å². The van der Waals surface area contributed by atoms with Gasteiger partial charge in [-0.2, -0.15) is 13.2 Å². The van der Waals surface area contributed by atoms with E-state index in [0.29, 0.717) is 12.3 Å². The number of alkyl halides is 3. The van der Waals surface area contributed by atoms with Crippen molar-refractivity contribution in [1.29, 1.82) is 4.78 Å². The number of halogens is 6. The molecule has 0 aliphatic carbocycles. The maximum Gasteiger partial charge on any atom is 0.416 e. The summed E-state index contributed by atoms with van der Waals surface area (Å²) in [7, 11) is -3.27. The number of rotatable bonds is 7. The molecule has 6 nitrogen and oxygen atoms in total. The molecule has 1 atom stereocenters. The zero-order chi connectivity index (χ0) is 24.4. The van der Waals surface area contributed by atoms with Crippen molar-refractivity contribution in [2.45, 2.75) is 19.4 Å². The molecule has 2 aromatic carbocycles. The van der Waals surface area contributed by atoms with Crippen LogP contribution in [0.1, 0.15) is 18.6 Å². The Kier molecular flexibility index (Phi) is 8.26. The summed E-state index contributed by atoms with van der Waals surface area (Å²) < 4.78 is 102. The summed E-state index contributed by atoms with van der Waals surface area (Å²) in [6.45, 7) is -0.0709. The van der Waals surface area contributed by atoms with Crippen molar-refractivity contribution in [3.05, 3.63) is 71.2 Å². The molecule has 1 heterocycles. The van der Waals surface area contributed by atoms with Gasteiger partial charge in [-0.3, -0.25) is 4.78 Å². The summed E-state index contributed by atoms with van der Waals surface area (Å²) in [6.07, 6.45) is -4.07. The molecule has 0 spiro atoms. The molecule has 0 saturated heterocycles. The fraction of sp³-hybridized carbons (Fsp3) is 0.238. The zero-order valence-electron chi connectivity index (χ0n) is 16.7. The van der Waals surface area contributed by atoms with E-state index in [-0.39, 0.29) is 42.5 Å². The predicted octanol–water partition coefficient (Wildman–Crippen LogP) is 5.46. The van der Waals surface area contributed by atoms with Gasteiger partial charge < -0.3 is 11.1 Å². The highest BCUT2D eigenvalue weighted by Gasteiger charge is 2.31. The highest BCUT2D eigenvalue weighted by Crippen LogP contribution is 2.33. The Morgan fingerprint density at radius 1 is 1.06 bits per heavy atom. The third kappa shape index (κ3) is 6.67. The van der Waals surface area contributed by atoms with E-state index in [1.165, 1.54) is 6.07 Å². The lowest BCUT2D eigenvalue weighted by Gasteiger charge is -2.14. The van der Waals surface area contributed by atoms with Crippen LogP contribution in [-0.4, -0.2) is 26.5 Å². The maximum absolute atomic E-state index is 14.2. The third-order valence-electron chi connectivity index (χ3n) is 4.35. The summed E-state index contributed by atoms with van der Waals surface area (Å²) in [6, 6.07) is 5.09. The molecule has 0 bridgehead atoms. The van der Waals surface area contributed by atoms with Crippen LogP contribution in [0.4, 0.5) is 38.0 Å². The van der Waals surface area contributed by atoms with E-state index < -0.39 is 50.4 Å². The molecule has 0 aliphatic rings. The minimum Gasteiger partial charge on any atom is -0.330 e. The number of hydrogen-bond donors (Lipinski definition) is 3. The van der Waals surface area contributed by atoms with Gasteiger partial charge in [0.25, 0.3) is 0 Å². The zero-order valence-corrected chi connectivity index (χ0v) is 17.5. The molecule has 13 heteroatoms. The molecular formula is C21H21F6N5OS. The SMILES string of the molecule is C.N=S(=O)(CCN)Cc1cc(Nc2ncc(F)c(-c3ccc(F)cc3F)n2)cc(C(F)(F)F)c1. The van der Waals surface area contributed by atoms with Crippen molar-refractivity contribution in [2.75, 3.05) is 17.6 Å². The standard InChI is InChI=1S/C20H17F6N5OS.CH4/c21-13-1-2-15(16(22)8-13)18-17(23)9-29-19(31-18)30-14-6-11(10-33(28,32)4-3-27)5-12(7-14)20(24,25)26;/h1-2,5-9,28H,3-4,10,27H2,(H,29,30,31);1H4. The Balaban J connectivity index is 0.00000408. The summed E-state index contributed by atoms with van der Waals surface area (Å²) in [5.74, 6) is -4.05. The van der Waals surface area contributed by atoms with Crippen molar-refractivity contribution in [3.63, 3.8) is 0 Å². The van der Waals surface area contributed by atoms with E-state index >= 15 is 0 Å². The van der Waals surface area contributed by atoms with Gasteiger partial charge in [0.05, 0.1) is 17.5 Å². The number of benzene rings is 2. The minimum absolute atomic E-state index is 0. The van der Waals surface area contributed by atoms with Crippen LogP contribution >= 0.6 is 0 Å². The van der Waals surface area contributed by atoms with Crippen molar-refractivity contribution in [3.8, 4) is 11.3 Å². The van der Waals surface area contributed by atoms with Crippen LogP contribution in [0.15, 0.2) is 42.6 Å². The van der Waals surface area contributed by atoms with Gasteiger partial charge in [0.1, 0.15) is 17.3 Å². The highest BCUT2D eigenvalue weighted by atomic mass is 32.2. The Labute approximate surface area is 192 Å². The van der Waals surface area contributed by atoms with Crippen molar-refractivity contribution >= 4 is 21.4 Å². The Morgan fingerprint density at radius 2 is 1.76 bits per heavy atom. The third-order valence-corrected chi connectivity index (χ3v) is 6.05. The molecule has 1 unspecified atom stereocenters. The van der Waals surface area contributed by atoms with Gasteiger partial charge in [-0.25, -0.2) is 27.3 Å². The van der Waals surface area contributed by atoms with Crippen LogP contribution in [0.5, 0.6) is 0 Å². The molecule has 0 saturated carbocycles. The Hall–Kier alpha value is -3.19. The van der Waals surface area contributed by atoms with Crippen molar-refractivity contribution in [1.82, 2.24) is 9.97 Å². The number of aromatic nitrogens is 2. The number of hydrogen-bond acceptors (Lipinski definition) is 6. The average molecular weight is 505 g/mol. The molecule has 0 aliphatic heterocycles. The predicted molar refractivity (Wildman–Crippen MR) is 117 cm³/mol. The first-order chi connectivity index (χ1) is 15.4. The molecule has 4 N–H and O–H groups in total. The average Bonchev–Trinajstić information content (AvgIpc) is 2.68. The van der Waals surface area contributed by atoms with E-state index in [1.54, 1.807) is 0 Å². The van der Waals surface area contributed by atoms with Gasteiger partial charge in [-0.1, -0.05) is 7.43 Å². The number of nitrogens with two attached hydrogens (primary N) is 1. The van der Waals surface area contributed by atoms with E-state index in [0.717, 1.165) is 24.3 Å². The fourth-order valence-corrected chi connectivity index (χ4v) is 4.20. The quantitative estimate of drug-likeness (QED) is 0.370. The monoisotopic (exact) mass is 505 g/mol. The maximum atomic E-state index is 14.2. The van der Waals surface area contributed by atoms with E-state index in [9.17, 15) is 30.6 Å². The number of anilines is 2. The summed E-state index contributed by atoms with van der Waals surface area (Å²) in [5.41, 5.74) is 3.08. The molecule has 0 radical (unpaired) electrons. The molecule has 3 rings (SSSR count). The Morgan fingerprint density at radius 3 is 2.38 bits per heavy atom. The molecule has 0 amide bonds. The second kappa shape index (κ2) is 10.4. The first-order valence-electron chi connectivity index (χ1n) is 9.28. The van der Waals surface area contributed by atoms with Crippen LogP contribution < -0.4 is 11.1 Å². The van der Waals surface area contributed by atoms with Crippen LogP contribution in [0.2, 0.25) is 0 Å². The number of nitrogens with one attached hydrogen (secondary N) is 2. The van der Waals surface area contributed by atoms with Gasteiger partial charge in [-0.05, 0) is 35.9 Å². The lowest BCUT2D eigenvalue weighted by Crippen LogP contribution is -2.16. The van der Waals surface area contributed by atoms with Crippen LogP contribution in [0, 0.1) is 22.2 Å². The van der Waals surface area contributed by atoms with E-state index in [2.05, 4.69) is 15.3 Å². The topological polar surface area (TPSA) is 105 Å². The fourth-order valence-electron chi connectivity index (χ4n) is 2.97. The molecule has 34 heavy (non-hydrogen) atoms. The van der Waals surface area contributed by atoms with Crippen molar-refractivity contribution in [2.24, 2.45) is 5.73 Å². The minimum atomic E-state index is -4.75. The number of nitrogens with zero attached hydrogens (tertiary/aromatic N) is 2. The largest absolute Gasteiger partial charge is 0.416 e. The lowest BCUT2D eigenvalue weighted by atomic mass is 10.1. The van der Waals surface area contributed by atoms with Gasteiger partial charge in [0, 0.05) is 39.3 Å². The molecule has 184 valence electrons. The normalized spacial score (nSPS) is 13.1. The molecular weight excluding hydrogens is 484 g/mol. The summed E-state index contributed by atoms with van der Waals surface area (Å²) in [5, 5.41) is 2.48. The lowest BCUT2D eigenvalue weighted by molar-refractivity contribution is -0.137. The first kappa shape index (κ1) is 27.1. The van der Waals surface area contributed by atoms with E-state index in [1.807, 2.05) is 0 Å².